The van der Waals surface area contributed by atoms with Gasteiger partial charge in [0, 0.05) is 29.4 Å². The van der Waals surface area contributed by atoms with Gasteiger partial charge in [0.25, 0.3) is 0 Å². The van der Waals surface area contributed by atoms with Crippen molar-refractivity contribution < 1.29 is 4.74 Å². The Kier molecular flexibility index (Phi) is 7.19. The molecule has 0 saturated heterocycles. The van der Waals surface area contributed by atoms with Crippen LogP contribution in [0.3, 0.4) is 0 Å². The predicted octanol–water partition coefficient (Wildman–Crippen LogP) is 7.35. The Labute approximate surface area is 225 Å². The van der Waals surface area contributed by atoms with E-state index in [2.05, 4.69) is 46.9 Å². The molecule has 37 heavy (non-hydrogen) atoms. The maximum absolute atomic E-state index is 10.5. The van der Waals surface area contributed by atoms with Crippen LogP contribution in [0.5, 0.6) is 5.75 Å². The van der Waals surface area contributed by atoms with Crippen molar-refractivity contribution in [2.24, 2.45) is 0 Å². The molecule has 0 fully saturated rings. The van der Waals surface area contributed by atoms with Gasteiger partial charge in [0.1, 0.15) is 17.9 Å². The fourth-order valence-electron chi connectivity index (χ4n) is 5.04. The number of rotatable bonds is 8. The molecule has 0 radical (unpaired) electrons. The molecular formula is C30H26N4OS2. The summed E-state index contributed by atoms with van der Waals surface area (Å²) in [6.07, 6.45) is 4.04. The summed E-state index contributed by atoms with van der Waals surface area (Å²) in [7, 11) is 1.65. The molecule has 0 amide bonds. The summed E-state index contributed by atoms with van der Waals surface area (Å²) in [6, 6.07) is 25.2. The maximum atomic E-state index is 10.5. The minimum Gasteiger partial charge on any atom is -0.497 e. The molecule has 5 nitrogen and oxygen atoms in total. The monoisotopic (exact) mass is 522 g/mol. The number of nitrogens with zero attached hydrogens (tertiary/aromatic N) is 4. The van der Waals surface area contributed by atoms with E-state index in [9.17, 15) is 10.5 Å². The molecule has 0 aliphatic rings. The van der Waals surface area contributed by atoms with Gasteiger partial charge in [0.15, 0.2) is 0 Å². The van der Waals surface area contributed by atoms with E-state index >= 15 is 0 Å². The average molecular weight is 523 g/mol. The van der Waals surface area contributed by atoms with Crippen molar-refractivity contribution in [1.29, 1.82) is 10.5 Å². The Morgan fingerprint density at radius 1 is 0.757 bits per heavy atom. The first kappa shape index (κ1) is 24.9. The van der Waals surface area contributed by atoms with Crippen LogP contribution in [0.2, 0.25) is 0 Å². The van der Waals surface area contributed by atoms with Gasteiger partial charge < -0.3 is 13.5 Å². The number of methoxy groups -OCH3 is 1. The zero-order chi connectivity index (χ0) is 25.9. The number of benzene rings is 1. The molecule has 5 aromatic rings. The third-order valence-corrected chi connectivity index (χ3v) is 8.41. The molecule has 0 bridgehead atoms. The van der Waals surface area contributed by atoms with Gasteiger partial charge in [-0.1, -0.05) is 38.1 Å². The van der Waals surface area contributed by atoms with Gasteiger partial charge in [0.05, 0.1) is 39.3 Å². The highest BCUT2D eigenvalue weighted by Crippen LogP contribution is 2.46. The maximum Gasteiger partial charge on any atom is 0.118 e. The van der Waals surface area contributed by atoms with Crippen LogP contribution in [0.15, 0.2) is 83.1 Å². The van der Waals surface area contributed by atoms with Gasteiger partial charge in [-0.05, 0) is 53.5 Å². The van der Waals surface area contributed by atoms with Gasteiger partial charge in [-0.2, -0.15) is 10.5 Å². The van der Waals surface area contributed by atoms with Crippen LogP contribution in [0.4, 0.5) is 0 Å². The van der Waals surface area contributed by atoms with Crippen molar-refractivity contribution in [3.05, 3.63) is 101 Å². The SMILES string of the molecule is CCSc1c(C#N)c(C(c2ccc(OC)cc2)c2c(C#N)c(SCC)n3ccccc23)c2ccccn12. The zero-order valence-corrected chi connectivity index (χ0v) is 22.6. The van der Waals surface area contributed by atoms with Crippen molar-refractivity contribution in [3.63, 3.8) is 0 Å². The summed E-state index contributed by atoms with van der Waals surface area (Å²) in [4.78, 5) is 0. The van der Waals surface area contributed by atoms with Crippen molar-refractivity contribution in [3.8, 4) is 17.9 Å². The van der Waals surface area contributed by atoms with E-state index in [1.165, 1.54) is 0 Å². The van der Waals surface area contributed by atoms with Crippen molar-refractivity contribution in [2.45, 2.75) is 29.8 Å². The van der Waals surface area contributed by atoms with Crippen LogP contribution < -0.4 is 4.74 Å². The Balaban J connectivity index is 1.94. The number of ether oxygens (including phenoxy) is 1. The zero-order valence-electron chi connectivity index (χ0n) is 20.9. The molecular weight excluding hydrogens is 496 g/mol. The summed E-state index contributed by atoms with van der Waals surface area (Å²) in [5, 5.41) is 22.9. The average Bonchev–Trinajstić information content (AvgIpc) is 3.42. The number of hydrogen-bond acceptors (Lipinski definition) is 5. The number of thioether (sulfide) groups is 2. The Morgan fingerprint density at radius 2 is 1.24 bits per heavy atom. The molecule has 0 aliphatic carbocycles. The normalized spacial score (nSPS) is 11.2. The second-order valence-corrected chi connectivity index (χ2v) is 10.9. The summed E-state index contributed by atoms with van der Waals surface area (Å²) in [5.41, 5.74) is 6.10. The molecule has 0 unspecified atom stereocenters. The number of fused-ring (bicyclic) bond motifs is 2. The highest BCUT2D eigenvalue weighted by molar-refractivity contribution is 7.99. The topological polar surface area (TPSA) is 65.6 Å². The molecule has 4 heterocycles. The van der Waals surface area contributed by atoms with Crippen LogP contribution in [-0.2, 0) is 0 Å². The van der Waals surface area contributed by atoms with Crippen LogP contribution in [0, 0.1) is 22.7 Å². The summed E-state index contributed by atoms with van der Waals surface area (Å²) >= 11 is 3.33. The van der Waals surface area contributed by atoms with E-state index in [0.717, 1.165) is 55.0 Å². The van der Waals surface area contributed by atoms with Gasteiger partial charge in [-0.25, -0.2) is 0 Å². The van der Waals surface area contributed by atoms with Gasteiger partial charge in [-0.3, -0.25) is 0 Å². The van der Waals surface area contributed by atoms with E-state index < -0.39 is 0 Å². The molecule has 4 aromatic heterocycles. The lowest BCUT2D eigenvalue weighted by Gasteiger charge is -2.19. The fourth-order valence-corrected chi connectivity index (χ4v) is 6.78. The van der Waals surface area contributed by atoms with E-state index in [4.69, 9.17) is 4.74 Å². The van der Waals surface area contributed by atoms with Gasteiger partial charge >= 0.3 is 0 Å². The Morgan fingerprint density at radius 3 is 1.65 bits per heavy atom. The quantitative estimate of drug-likeness (QED) is 0.199. The Bertz CT molecular complexity index is 1570. The third kappa shape index (κ3) is 4.15. The standard InChI is InChI=1S/C30H26N4OS2/c1-4-36-29-22(18-31)27(24-10-6-8-16-33(24)29)26(20-12-14-21(35-3)15-13-20)28-23(19-32)30(37-5-2)34-17-9-7-11-25(28)34/h6-17,26H,4-5H2,1-3H3. The lowest BCUT2D eigenvalue weighted by molar-refractivity contribution is 0.414. The molecule has 0 spiro atoms. The molecule has 1 aromatic carbocycles. The van der Waals surface area contributed by atoms with Crippen LogP contribution in [-0.4, -0.2) is 27.4 Å². The van der Waals surface area contributed by atoms with E-state index in [1.54, 1.807) is 30.6 Å². The molecule has 0 aliphatic heterocycles. The van der Waals surface area contributed by atoms with E-state index in [-0.39, 0.29) is 5.92 Å². The molecule has 5 rings (SSSR count). The third-order valence-electron chi connectivity index (χ3n) is 6.49. The number of nitriles is 2. The van der Waals surface area contributed by atoms with Crippen molar-refractivity contribution in [2.75, 3.05) is 18.6 Å². The summed E-state index contributed by atoms with van der Waals surface area (Å²) in [6.45, 7) is 4.19. The highest BCUT2D eigenvalue weighted by Gasteiger charge is 2.33. The van der Waals surface area contributed by atoms with Crippen LogP contribution in [0.25, 0.3) is 11.0 Å². The fraction of sp³-hybridized carbons (Fsp3) is 0.200. The smallest absolute Gasteiger partial charge is 0.118 e. The first-order valence-corrected chi connectivity index (χ1v) is 14.1. The van der Waals surface area contributed by atoms with Crippen molar-refractivity contribution in [1.82, 2.24) is 8.80 Å². The number of aromatic nitrogens is 2. The van der Waals surface area contributed by atoms with Gasteiger partial charge in [-0.15, -0.1) is 23.5 Å². The van der Waals surface area contributed by atoms with E-state index in [0.29, 0.717) is 11.1 Å². The lowest BCUT2D eigenvalue weighted by atomic mass is 9.82. The van der Waals surface area contributed by atoms with E-state index in [1.807, 2.05) is 60.9 Å². The first-order valence-electron chi connectivity index (χ1n) is 12.1. The minimum atomic E-state index is -0.331. The van der Waals surface area contributed by atoms with Gasteiger partial charge in [0.2, 0.25) is 0 Å². The van der Waals surface area contributed by atoms with Crippen molar-refractivity contribution >= 4 is 34.6 Å². The second-order valence-electron chi connectivity index (χ2n) is 8.40. The predicted molar refractivity (Wildman–Crippen MR) is 151 cm³/mol. The lowest BCUT2D eigenvalue weighted by Crippen LogP contribution is -2.07. The number of pyridine rings is 2. The molecule has 0 saturated carbocycles. The second kappa shape index (κ2) is 10.7. The van der Waals surface area contributed by atoms with Crippen LogP contribution >= 0.6 is 23.5 Å². The molecule has 0 atom stereocenters. The number of hydrogen-bond donors (Lipinski definition) is 0. The largest absolute Gasteiger partial charge is 0.497 e. The van der Waals surface area contributed by atoms with Crippen LogP contribution in [0.1, 0.15) is 47.6 Å². The molecule has 184 valence electrons. The molecule has 7 heteroatoms. The molecule has 0 N–H and O–H groups in total. The Hall–Kier alpha value is -3.78. The minimum absolute atomic E-state index is 0.331. The summed E-state index contributed by atoms with van der Waals surface area (Å²) in [5.74, 6) is 2.12. The highest BCUT2D eigenvalue weighted by atomic mass is 32.2. The first-order chi connectivity index (χ1) is 18.2. The summed E-state index contributed by atoms with van der Waals surface area (Å²) < 4.78 is 9.67.